The molecule has 5 heteroatoms. The first-order valence-electron chi connectivity index (χ1n) is 5.79. The lowest BCUT2D eigenvalue weighted by Crippen LogP contribution is -2.05. The molecule has 88 valence electrons. The van der Waals surface area contributed by atoms with Gasteiger partial charge < -0.3 is 0 Å². The summed E-state index contributed by atoms with van der Waals surface area (Å²) in [5, 5.41) is 4.85. The van der Waals surface area contributed by atoms with E-state index < -0.39 is 0 Å². The van der Waals surface area contributed by atoms with Crippen molar-refractivity contribution in [3.05, 3.63) is 28.8 Å². The van der Waals surface area contributed by atoms with Gasteiger partial charge in [0, 0.05) is 24.5 Å². The second-order valence-corrected chi connectivity index (χ2v) is 4.65. The van der Waals surface area contributed by atoms with Crippen LogP contribution >= 0.6 is 11.6 Å². The minimum absolute atomic E-state index is 0.276. The van der Waals surface area contributed by atoms with E-state index in [1.807, 2.05) is 17.8 Å². The molecule has 0 amide bonds. The number of aryl methyl sites for hydroxylation is 1. The van der Waals surface area contributed by atoms with E-state index in [1.165, 1.54) is 24.1 Å². The molecule has 2 aromatic heterocycles. The minimum Gasteiger partial charge on any atom is -0.272 e. The zero-order valence-electron chi connectivity index (χ0n) is 9.65. The minimum atomic E-state index is 0.276. The smallest absolute Gasteiger partial charge is 0.222 e. The molecule has 3 rings (SSSR count). The molecule has 0 saturated carbocycles. The first-order chi connectivity index (χ1) is 8.25. The third-order valence-corrected chi connectivity index (χ3v) is 3.42. The molecule has 2 heterocycles. The summed E-state index contributed by atoms with van der Waals surface area (Å²) in [5.41, 5.74) is 4.45. The van der Waals surface area contributed by atoms with Gasteiger partial charge in [0.15, 0.2) is 0 Å². The third-order valence-electron chi connectivity index (χ3n) is 3.23. The van der Waals surface area contributed by atoms with E-state index in [0.717, 1.165) is 24.2 Å². The zero-order chi connectivity index (χ0) is 11.8. The maximum absolute atomic E-state index is 5.83. The summed E-state index contributed by atoms with van der Waals surface area (Å²) in [6.45, 7) is 0. The van der Waals surface area contributed by atoms with Crippen molar-refractivity contribution in [1.29, 1.82) is 0 Å². The van der Waals surface area contributed by atoms with Crippen molar-refractivity contribution in [1.82, 2.24) is 19.7 Å². The molecule has 0 bridgehead atoms. The van der Waals surface area contributed by atoms with E-state index in [-0.39, 0.29) is 5.28 Å². The van der Waals surface area contributed by atoms with Gasteiger partial charge in [-0.05, 0) is 43.4 Å². The summed E-state index contributed by atoms with van der Waals surface area (Å²) >= 11 is 5.83. The van der Waals surface area contributed by atoms with E-state index in [1.54, 1.807) is 6.20 Å². The average Bonchev–Trinajstić information content (AvgIpc) is 2.68. The van der Waals surface area contributed by atoms with Crippen LogP contribution in [0.3, 0.4) is 0 Å². The van der Waals surface area contributed by atoms with Gasteiger partial charge in [-0.1, -0.05) is 0 Å². The van der Waals surface area contributed by atoms with Crippen LogP contribution in [0.25, 0.3) is 11.4 Å². The van der Waals surface area contributed by atoms with Crippen LogP contribution in [0.1, 0.15) is 24.1 Å². The lowest BCUT2D eigenvalue weighted by Gasteiger charge is -2.12. The summed E-state index contributed by atoms with van der Waals surface area (Å²) in [5.74, 6) is 0. The Bertz CT molecular complexity index is 562. The standard InChI is InChI=1S/C12H13ClN4/c1-17-10-5-3-2-4-8(10)11(16-17)9-6-7-14-12(13)15-9/h6-7H,2-5H2,1H3. The van der Waals surface area contributed by atoms with Gasteiger partial charge in [0.1, 0.15) is 5.69 Å². The molecule has 17 heavy (non-hydrogen) atoms. The highest BCUT2D eigenvalue weighted by Gasteiger charge is 2.20. The molecule has 0 saturated heterocycles. The van der Waals surface area contributed by atoms with Gasteiger partial charge in [-0.25, -0.2) is 9.97 Å². The van der Waals surface area contributed by atoms with E-state index in [2.05, 4.69) is 15.1 Å². The Kier molecular flexibility index (Phi) is 2.59. The molecule has 2 aromatic rings. The molecule has 0 fully saturated rings. The predicted octanol–water partition coefficient (Wildman–Crippen LogP) is 2.41. The van der Waals surface area contributed by atoms with E-state index in [9.17, 15) is 0 Å². The third kappa shape index (κ3) is 1.82. The summed E-state index contributed by atoms with van der Waals surface area (Å²) < 4.78 is 1.97. The normalized spacial score (nSPS) is 14.7. The fourth-order valence-corrected chi connectivity index (χ4v) is 2.59. The predicted molar refractivity (Wildman–Crippen MR) is 65.9 cm³/mol. The van der Waals surface area contributed by atoms with Gasteiger partial charge in [-0.3, -0.25) is 4.68 Å². The Morgan fingerprint density at radius 3 is 2.94 bits per heavy atom. The summed E-state index contributed by atoms with van der Waals surface area (Å²) in [6.07, 6.45) is 6.34. The topological polar surface area (TPSA) is 43.6 Å². The van der Waals surface area contributed by atoms with Crippen molar-refractivity contribution in [3.63, 3.8) is 0 Å². The van der Waals surface area contributed by atoms with Crippen LogP contribution in [0.5, 0.6) is 0 Å². The number of fused-ring (bicyclic) bond motifs is 1. The largest absolute Gasteiger partial charge is 0.272 e. The summed E-state index contributed by atoms with van der Waals surface area (Å²) in [7, 11) is 2.00. The van der Waals surface area contributed by atoms with Crippen LogP contribution < -0.4 is 0 Å². The number of nitrogens with zero attached hydrogens (tertiary/aromatic N) is 4. The Hall–Kier alpha value is -1.42. The van der Waals surface area contributed by atoms with Gasteiger partial charge >= 0.3 is 0 Å². The van der Waals surface area contributed by atoms with Crippen molar-refractivity contribution in [2.75, 3.05) is 0 Å². The highest BCUT2D eigenvalue weighted by atomic mass is 35.5. The molecular formula is C12H13ClN4. The van der Waals surface area contributed by atoms with Crippen LogP contribution in [0.15, 0.2) is 12.3 Å². The zero-order valence-corrected chi connectivity index (χ0v) is 10.4. The monoisotopic (exact) mass is 248 g/mol. The molecule has 1 aliphatic rings. The number of rotatable bonds is 1. The molecule has 0 atom stereocenters. The van der Waals surface area contributed by atoms with Crippen molar-refractivity contribution < 1.29 is 0 Å². The fraction of sp³-hybridized carbons (Fsp3) is 0.417. The van der Waals surface area contributed by atoms with Crippen molar-refractivity contribution in [2.24, 2.45) is 7.05 Å². The Labute approximate surface area is 105 Å². The van der Waals surface area contributed by atoms with Crippen LogP contribution in [0, 0.1) is 0 Å². The van der Waals surface area contributed by atoms with Gasteiger partial charge in [0.05, 0.1) is 5.69 Å². The fourth-order valence-electron chi connectivity index (χ4n) is 2.44. The van der Waals surface area contributed by atoms with E-state index >= 15 is 0 Å². The van der Waals surface area contributed by atoms with Gasteiger partial charge in [0.2, 0.25) is 5.28 Å². The van der Waals surface area contributed by atoms with Crippen molar-refractivity contribution in [3.8, 4) is 11.4 Å². The Morgan fingerprint density at radius 2 is 2.12 bits per heavy atom. The first-order valence-corrected chi connectivity index (χ1v) is 6.17. The summed E-state index contributed by atoms with van der Waals surface area (Å²) in [6, 6.07) is 1.86. The lowest BCUT2D eigenvalue weighted by molar-refractivity contribution is 0.626. The number of hydrogen-bond acceptors (Lipinski definition) is 3. The van der Waals surface area contributed by atoms with Gasteiger partial charge in [0.25, 0.3) is 0 Å². The molecule has 4 nitrogen and oxygen atoms in total. The summed E-state index contributed by atoms with van der Waals surface area (Å²) in [4.78, 5) is 8.15. The number of hydrogen-bond donors (Lipinski definition) is 0. The van der Waals surface area contributed by atoms with Crippen LogP contribution in [0.2, 0.25) is 5.28 Å². The molecule has 0 aliphatic heterocycles. The second-order valence-electron chi connectivity index (χ2n) is 4.32. The van der Waals surface area contributed by atoms with Crippen molar-refractivity contribution in [2.45, 2.75) is 25.7 Å². The second kappa shape index (κ2) is 4.11. The van der Waals surface area contributed by atoms with Gasteiger partial charge in [-0.15, -0.1) is 0 Å². The van der Waals surface area contributed by atoms with Crippen LogP contribution in [0.4, 0.5) is 0 Å². The SMILES string of the molecule is Cn1nc(-c2ccnc(Cl)n2)c2c1CCCC2. The quantitative estimate of drug-likeness (QED) is 0.728. The van der Waals surface area contributed by atoms with Gasteiger partial charge in [-0.2, -0.15) is 5.10 Å². The molecule has 0 radical (unpaired) electrons. The number of aromatic nitrogens is 4. The molecule has 0 spiro atoms. The average molecular weight is 249 g/mol. The maximum Gasteiger partial charge on any atom is 0.222 e. The van der Waals surface area contributed by atoms with Crippen LogP contribution in [-0.2, 0) is 19.9 Å². The van der Waals surface area contributed by atoms with Crippen LogP contribution in [-0.4, -0.2) is 19.7 Å². The van der Waals surface area contributed by atoms with E-state index in [4.69, 9.17) is 11.6 Å². The number of halogens is 1. The molecule has 0 unspecified atom stereocenters. The molecule has 1 aliphatic carbocycles. The van der Waals surface area contributed by atoms with E-state index in [0.29, 0.717) is 0 Å². The molecule has 0 aromatic carbocycles. The molecule has 0 N–H and O–H groups in total. The molecular weight excluding hydrogens is 236 g/mol. The Balaban J connectivity index is 2.15. The van der Waals surface area contributed by atoms with Crippen molar-refractivity contribution >= 4 is 11.6 Å². The highest BCUT2D eigenvalue weighted by Crippen LogP contribution is 2.29. The Morgan fingerprint density at radius 1 is 1.29 bits per heavy atom. The first kappa shape index (κ1) is 10.7. The highest BCUT2D eigenvalue weighted by molar-refractivity contribution is 6.28. The lowest BCUT2D eigenvalue weighted by atomic mass is 9.95. The maximum atomic E-state index is 5.83.